The molecule has 2 heterocycles. The standard InChI is InChI=1S/C19H21N5O3S/c1-28-8-7-15-18(26)21-13-6-5-10(9-12(13)17(25)22-15)20-19(27)16-11-3-2-4-14(11)23-24-16/h5-6,9,15H,2-4,7-8H2,1H3,(H,20,27)(H,21,26)(H,22,25)(H,23,24)/t15-/m0/s1. The number of fused-ring (bicyclic) bond motifs is 2. The van der Waals surface area contributed by atoms with E-state index in [9.17, 15) is 14.4 Å². The summed E-state index contributed by atoms with van der Waals surface area (Å²) in [5.41, 5.74) is 3.63. The minimum absolute atomic E-state index is 0.231. The first-order valence-corrected chi connectivity index (χ1v) is 10.6. The Bertz CT molecular complexity index is 955. The number of aryl methyl sites for hydroxylation is 1. The van der Waals surface area contributed by atoms with Crippen molar-refractivity contribution < 1.29 is 14.4 Å². The maximum atomic E-state index is 12.6. The van der Waals surface area contributed by atoms with E-state index in [2.05, 4.69) is 26.1 Å². The van der Waals surface area contributed by atoms with E-state index in [-0.39, 0.29) is 17.7 Å². The van der Waals surface area contributed by atoms with Gasteiger partial charge < -0.3 is 16.0 Å². The smallest absolute Gasteiger partial charge is 0.276 e. The first kappa shape index (κ1) is 18.5. The van der Waals surface area contributed by atoms with Crippen LogP contribution < -0.4 is 16.0 Å². The van der Waals surface area contributed by atoms with Crippen molar-refractivity contribution in [3.8, 4) is 0 Å². The highest BCUT2D eigenvalue weighted by Crippen LogP contribution is 2.26. The molecule has 1 aliphatic heterocycles. The molecule has 0 unspecified atom stereocenters. The largest absolute Gasteiger partial charge is 0.340 e. The Labute approximate surface area is 166 Å². The van der Waals surface area contributed by atoms with Gasteiger partial charge in [-0.1, -0.05) is 0 Å². The summed E-state index contributed by atoms with van der Waals surface area (Å²) in [6, 6.07) is 4.30. The predicted molar refractivity (Wildman–Crippen MR) is 108 cm³/mol. The molecule has 0 saturated heterocycles. The van der Waals surface area contributed by atoms with Gasteiger partial charge in [-0.25, -0.2) is 0 Å². The van der Waals surface area contributed by atoms with Crippen molar-refractivity contribution in [2.75, 3.05) is 22.6 Å². The van der Waals surface area contributed by atoms with Crippen molar-refractivity contribution in [3.05, 3.63) is 40.7 Å². The summed E-state index contributed by atoms with van der Waals surface area (Å²) < 4.78 is 0. The van der Waals surface area contributed by atoms with Crippen LogP contribution >= 0.6 is 11.8 Å². The number of rotatable bonds is 5. The number of thioether (sulfide) groups is 1. The van der Waals surface area contributed by atoms with Gasteiger partial charge in [-0.2, -0.15) is 16.9 Å². The lowest BCUT2D eigenvalue weighted by Gasteiger charge is -2.13. The fourth-order valence-corrected chi connectivity index (χ4v) is 4.05. The van der Waals surface area contributed by atoms with Gasteiger partial charge in [0.1, 0.15) is 6.04 Å². The summed E-state index contributed by atoms with van der Waals surface area (Å²) in [5.74, 6) is -0.110. The second-order valence-electron chi connectivity index (χ2n) is 6.89. The predicted octanol–water partition coefficient (Wildman–Crippen LogP) is 1.95. The van der Waals surface area contributed by atoms with Gasteiger partial charge in [-0.05, 0) is 55.9 Å². The lowest BCUT2D eigenvalue weighted by molar-refractivity contribution is -0.117. The average Bonchev–Trinajstić information content (AvgIpc) is 3.26. The van der Waals surface area contributed by atoms with Gasteiger partial charge in [-0.15, -0.1) is 0 Å². The van der Waals surface area contributed by atoms with Crippen LogP contribution in [0, 0.1) is 0 Å². The Hall–Kier alpha value is -2.81. The van der Waals surface area contributed by atoms with Gasteiger partial charge in [-0.3, -0.25) is 19.5 Å². The third-order valence-corrected chi connectivity index (χ3v) is 5.68. The van der Waals surface area contributed by atoms with E-state index in [0.29, 0.717) is 29.1 Å². The van der Waals surface area contributed by atoms with Crippen LogP contribution in [0.3, 0.4) is 0 Å². The highest BCUT2D eigenvalue weighted by molar-refractivity contribution is 7.98. The molecular weight excluding hydrogens is 378 g/mol. The number of hydrogen-bond donors (Lipinski definition) is 4. The van der Waals surface area contributed by atoms with Gasteiger partial charge in [0.2, 0.25) is 5.91 Å². The number of carbonyl (C=O) groups is 3. The number of anilines is 2. The molecular formula is C19H21N5O3S. The zero-order valence-corrected chi connectivity index (χ0v) is 16.2. The van der Waals surface area contributed by atoms with Crippen molar-refractivity contribution in [2.45, 2.75) is 31.7 Å². The SMILES string of the molecule is CSCC[C@@H]1NC(=O)c2cc(NC(=O)c3n[nH]c4c3CCC4)ccc2NC1=O. The highest BCUT2D eigenvalue weighted by atomic mass is 32.2. The Morgan fingerprint density at radius 1 is 1.32 bits per heavy atom. The maximum absolute atomic E-state index is 12.6. The van der Waals surface area contributed by atoms with E-state index in [1.807, 2.05) is 6.26 Å². The number of aromatic nitrogens is 2. The number of benzene rings is 1. The van der Waals surface area contributed by atoms with E-state index in [1.165, 1.54) is 0 Å². The molecule has 4 rings (SSSR count). The molecule has 0 radical (unpaired) electrons. The van der Waals surface area contributed by atoms with Gasteiger partial charge in [0.05, 0.1) is 11.3 Å². The molecule has 1 aliphatic carbocycles. The van der Waals surface area contributed by atoms with Crippen molar-refractivity contribution in [3.63, 3.8) is 0 Å². The number of aromatic amines is 1. The van der Waals surface area contributed by atoms with Crippen molar-refractivity contribution in [1.82, 2.24) is 15.5 Å². The molecule has 2 aromatic rings. The van der Waals surface area contributed by atoms with Gasteiger partial charge >= 0.3 is 0 Å². The van der Waals surface area contributed by atoms with Crippen LogP contribution in [0.25, 0.3) is 0 Å². The molecule has 0 saturated carbocycles. The second kappa shape index (κ2) is 7.67. The van der Waals surface area contributed by atoms with E-state index >= 15 is 0 Å². The third kappa shape index (κ3) is 3.49. The molecule has 8 nitrogen and oxygen atoms in total. The molecule has 9 heteroatoms. The number of amides is 3. The van der Waals surface area contributed by atoms with Crippen molar-refractivity contribution >= 4 is 40.9 Å². The molecule has 0 fully saturated rings. The zero-order valence-electron chi connectivity index (χ0n) is 15.4. The third-order valence-electron chi connectivity index (χ3n) is 5.03. The summed E-state index contributed by atoms with van der Waals surface area (Å²) in [5, 5.41) is 15.4. The fourth-order valence-electron chi connectivity index (χ4n) is 3.58. The first-order chi connectivity index (χ1) is 13.6. The second-order valence-corrected chi connectivity index (χ2v) is 7.88. The summed E-state index contributed by atoms with van der Waals surface area (Å²) in [4.78, 5) is 37.6. The van der Waals surface area contributed by atoms with E-state index in [0.717, 1.165) is 36.3 Å². The van der Waals surface area contributed by atoms with Crippen molar-refractivity contribution in [2.24, 2.45) is 0 Å². The number of carbonyl (C=O) groups excluding carboxylic acids is 3. The Morgan fingerprint density at radius 2 is 2.18 bits per heavy atom. The minimum atomic E-state index is -0.572. The summed E-state index contributed by atoms with van der Waals surface area (Å²) in [7, 11) is 0. The molecule has 0 bridgehead atoms. The molecule has 28 heavy (non-hydrogen) atoms. The van der Waals surface area contributed by atoms with E-state index in [1.54, 1.807) is 30.0 Å². The molecule has 4 N–H and O–H groups in total. The maximum Gasteiger partial charge on any atom is 0.276 e. The molecule has 1 atom stereocenters. The van der Waals surface area contributed by atoms with Crippen LogP contribution in [0.2, 0.25) is 0 Å². The number of nitrogens with one attached hydrogen (secondary N) is 4. The van der Waals surface area contributed by atoms with Crippen LogP contribution in [-0.2, 0) is 17.6 Å². The van der Waals surface area contributed by atoms with Gasteiger partial charge in [0.25, 0.3) is 11.8 Å². The van der Waals surface area contributed by atoms with E-state index < -0.39 is 6.04 Å². The molecule has 1 aromatic carbocycles. The van der Waals surface area contributed by atoms with Gasteiger partial charge in [0, 0.05) is 16.9 Å². The van der Waals surface area contributed by atoms with Crippen LogP contribution in [-0.4, -0.2) is 46.0 Å². The summed E-state index contributed by atoms with van der Waals surface area (Å²) >= 11 is 1.62. The minimum Gasteiger partial charge on any atom is -0.340 e. The molecule has 2 aliphatic rings. The monoisotopic (exact) mass is 399 g/mol. The van der Waals surface area contributed by atoms with Crippen molar-refractivity contribution in [1.29, 1.82) is 0 Å². The topological polar surface area (TPSA) is 116 Å². The number of nitrogens with zero attached hydrogens (tertiary/aromatic N) is 1. The Kier molecular flexibility index (Phi) is 5.08. The van der Waals surface area contributed by atoms with Gasteiger partial charge in [0.15, 0.2) is 5.69 Å². The first-order valence-electron chi connectivity index (χ1n) is 9.19. The normalized spacial score (nSPS) is 18.0. The lowest BCUT2D eigenvalue weighted by Crippen LogP contribution is -2.41. The number of hydrogen-bond acceptors (Lipinski definition) is 5. The molecule has 3 amide bonds. The fraction of sp³-hybridized carbons (Fsp3) is 0.368. The summed E-state index contributed by atoms with van der Waals surface area (Å²) in [6.45, 7) is 0. The van der Waals surface area contributed by atoms with Crippen LogP contribution in [0.4, 0.5) is 11.4 Å². The number of H-pyrrole nitrogens is 1. The zero-order chi connectivity index (χ0) is 19.7. The quantitative estimate of drug-likeness (QED) is 0.613. The Balaban J connectivity index is 1.53. The molecule has 0 spiro atoms. The Morgan fingerprint density at radius 3 is 3.00 bits per heavy atom. The lowest BCUT2D eigenvalue weighted by atomic mass is 10.1. The van der Waals surface area contributed by atoms with Crippen LogP contribution in [0.15, 0.2) is 18.2 Å². The average molecular weight is 399 g/mol. The summed E-state index contributed by atoms with van der Waals surface area (Å²) in [6.07, 6.45) is 5.27. The van der Waals surface area contributed by atoms with Crippen LogP contribution in [0.5, 0.6) is 0 Å². The van der Waals surface area contributed by atoms with E-state index in [4.69, 9.17) is 0 Å². The van der Waals surface area contributed by atoms with Crippen LogP contribution in [0.1, 0.15) is 44.9 Å². The highest BCUT2D eigenvalue weighted by Gasteiger charge is 2.28. The molecule has 146 valence electrons. The molecule has 1 aromatic heterocycles.